The van der Waals surface area contributed by atoms with E-state index in [2.05, 4.69) is 5.32 Å². The van der Waals surface area contributed by atoms with Gasteiger partial charge in [-0.05, 0) is 32.0 Å². The van der Waals surface area contributed by atoms with Gasteiger partial charge in [0, 0.05) is 31.8 Å². The van der Waals surface area contributed by atoms with Gasteiger partial charge in [0.2, 0.25) is 10.0 Å². The maximum absolute atomic E-state index is 12.8. The summed E-state index contributed by atoms with van der Waals surface area (Å²) in [5, 5.41) is 13.9. The summed E-state index contributed by atoms with van der Waals surface area (Å²) in [5.41, 5.74) is -0.610. The smallest absolute Gasteiger partial charge is 0.269 e. The molecule has 1 spiro atoms. The first-order chi connectivity index (χ1) is 10.8. The summed E-state index contributed by atoms with van der Waals surface area (Å²) in [6.45, 7) is 3.87. The molecule has 9 heteroatoms. The molecule has 0 saturated carbocycles. The molecule has 2 saturated heterocycles. The zero-order valence-electron chi connectivity index (χ0n) is 12.8. The molecule has 2 aliphatic rings. The van der Waals surface area contributed by atoms with Crippen LogP contribution in [0.1, 0.15) is 13.3 Å². The van der Waals surface area contributed by atoms with E-state index in [0.29, 0.717) is 13.1 Å². The van der Waals surface area contributed by atoms with Gasteiger partial charge in [-0.2, -0.15) is 4.31 Å². The van der Waals surface area contributed by atoms with E-state index in [1.807, 2.05) is 6.92 Å². The lowest BCUT2D eigenvalue weighted by molar-refractivity contribution is -0.384. The molecule has 126 valence electrons. The van der Waals surface area contributed by atoms with E-state index in [1.54, 1.807) is 0 Å². The third-order valence-corrected chi connectivity index (χ3v) is 6.09. The molecule has 2 heterocycles. The van der Waals surface area contributed by atoms with E-state index < -0.39 is 20.5 Å². The zero-order chi connectivity index (χ0) is 16.7. The molecule has 1 aromatic rings. The van der Waals surface area contributed by atoms with Crippen molar-refractivity contribution < 1.29 is 18.1 Å². The summed E-state index contributed by atoms with van der Waals surface area (Å²) in [6.07, 6.45) is 0.570. The van der Waals surface area contributed by atoms with Gasteiger partial charge < -0.3 is 10.1 Å². The fraction of sp³-hybridized carbons (Fsp3) is 0.571. The summed E-state index contributed by atoms with van der Waals surface area (Å²) in [6, 6.07) is 4.99. The molecule has 0 amide bonds. The van der Waals surface area contributed by atoms with Gasteiger partial charge in [-0.25, -0.2) is 8.42 Å². The van der Waals surface area contributed by atoms with Crippen LogP contribution in [0.2, 0.25) is 0 Å². The predicted octanol–water partition coefficient (Wildman–Crippen LogP) is 0.736. The predicted molar refractivity (Wildman–Crippen MR) is 82.6 cm³/mol. The molecule has 1 aromatic carbocycles. The topological polar surface area (TPSA) is 102 Å². The monoisotopic (exact) mass is 341 g/mol. The molecule has 3 rings (SSSR count). The van der Waals surface area contributed by atoms with E-state index in [1.165, 1.54) is 28.6 Å². The SMILES string of the molecule is CC1CN(S(=O)(=O)c2ccc([N+](=O)[O-])cc2)CC2(CCNC2)O1. The van der Waals surface area contributed by atoms with E-state index in [0.717, 1.165) is 13.0 Å². The fourth-order valence-corrected chi connectivity index (χ4v) is 4.79. The number of ether oxygens (including phenoxy) is 1. The van der Waals surface area contributed by atoms with Crippen molar-refractivity contribution in [1.29, 1.82) is 0 Å². The average Bonchev–Trinajstić information content (AvgIpc) is 2.94. The van der Waals surface area contributed by atoms with Gasteiger partial charge in [0.15, 0.2) is 0 Å². The molecule has 0 radical (unpaired) electrons. The van der Waals surface area contributed by atoms with Crippen molar-refractivity contribution >= 4 is 15.7 Å². The van der Waals surface area contributed by atoms with Crippen LogP contribution in [-0.4, -0.2) is 55.5 Å². The zero-order valence-corrected chi connectivity index (χ0v) is 13.6. The molecule has 2 fully saturated rings. The lowest BCUT2D eigenvalue weighted by Crippen LogP contribution is -2.57. The van der Waals surface area contributed by atoms with Crippen LogP contribution >= 0.6 is 0 Å². The number of nitrogens with zero attached hydrogens (tertiary/aromatic N) is 2. The van der Waals surface area contributed by atoms with Gasteiger partial charge in [-0.15, -0.1) is 0 Å². The number of nitrogens with one attached hydrogen (secondary N) is 1. The second-order valence-corrected chi connectivity index (χ2v) is 8.02. The highest BCUT2D eigenvalue weighted by Crippen LogP contribution is 2.31. The standard InChI is InChI=1S/C14H19N3O5S/c1-11-8-16(10-14(22-11)6-7-15-9-14)23(20,21)13-4-2-12(3-5-13)17(18)19/h2-5,11,15H,6-10H2,1H3. The highest BCUT2D eigenvalue weighted by Gasteiger charge is 2.45. The Balaban J connectivity index is 1.87. The first-order valence-electron chi connectivity index (χ1n) is 7.46. The summed E-state index contributed by atoms with van der Waals surface area (Å²) in [5.74, 6) is 0. The maximum Gasteiger partial charge on any atom is 0.269 e. The third-order valence-electron chi connectivity index (χ3n) is 4.27. The van der Waals surface area contributed by atoms with E-state index in [9.17, 15) is 18.5 Å². The Morgan fingerprint density at radius 3 is 2.65 bits per heavy atom. The molecule has 0 aliphatic carbocycles. The largest absolute Gasteiger partial charge is 0.368 e. The number of benzene rings is 1. The van der Waals surface area contributed by atoms with Crippen molar-refractivity contribution in [2.24, 2.45) is 0 Å². The van der Waals surface area contributed by atoms with Crippen LogP contribution in [0.15, 0.2) is 29.2 Å². The molecule has 2 aliphatic heterocycles. The van der Waals surface area contributed by atoms with Crippen LogP contribution in [0.25, 0.3) is 0 Å². The van der Waals surface area contributed by atoms with E-state index in [-0.39, 0.29) is 23.2 Å². The van der Waals surface area contributed by atoms with Crippen LogP contribution in [-0.2, 0) is 14.8 Å². The molecule has 0 bridgehead atoms. The quantitative estimate of drug-likeness (QED) is 0.642. The number of sulfonamides is 1. The summed E-state index contributed by atoms with van der Waals surface area (Å²) in [7, 11) is -3.70. The number of nitro groups is 1. The second-order valence-electron chi connectivity index (χ2n) is 6.09. The Morgan fingerprint density at radius 2 is 2.09 bits per heavy atom. The van der Waals surface area contributed by atoms with Crippen molar-refractivity contribution in [3.8, 4) is 0 Å². The summed E-state index contributed by atoms with van der Waals surface area (Å²) < 4.78 is 33.1. The summed E-state index contributed by atoms with van der Waals surface area (Å²) in [4.78, 5) is 10.2. The highest BCUT2D eigenvalue weighted by molar-refractivity contribution is 7.89. The van der Waals surface area contributed by atoms with Crippen molar-refractivity contribution in [2.75, 3.05) is 26.2 Å². The molecule has 0 aromatic heterocycles. The minimum absolute atomic E-state index is 0.0679. The van der Waals surface area contributed by atoms with E-state index >= 15 is 0 Å². The van der Waals surface area contributed by atoms with Gasteiger partial charge in [-0.3, -0.25) is 10.1 Å². The first-order valence-corrected chi connectivity index (χ1v) is 8.90. The van der Waals surface area contributed by atoms with Gasteiger partial charge in [0.05, 0.1) is 21.5 Å². The first kappa shape index (κ1) is 16.3. The Bertz CT molecular complexity index is 698. The van der Waals surface area contributed by atoms with Crippen LogP contribution in [0.5, 0.6) is 0 Å². The molecular formula is C14H19N3O5S. The lowest BCUT2D eigenvalue weighted by Gasteiger charge is -2.42. The Labute approximate surface area is 134 Å². The molecule has 2 unspecified atom stereocenters. The Hall–Kier alpha value is -1.55. The van der Waals surface area contributed by atoms with Gasteiger partial charge in [0.25, 0.3) is 5.69 Å². The fourth-order valence-electron chi connectivity index (χ4n) is 3.20. The molecular weight excluding hydrogens is 322 g/mol. The van der Waals surface area contributed by atoms with Crippen molar-refractivity contribution in [1.82, 2.24) is 9.62 Å². The molecule has 1 N–H and O–H groups in total. The van der Waals surface area contributed by atoms with Crippen molar-refractivity contribution in [3.63, 3.8) is 0 Å². The van der Waals surface area contributed by atoms with E-state index in [4.69, 9.17) is 4.74 Å². The molecule has 2 atom stereocenters. The summed E-state index contributed by atoms with van der Waals surface area (Å²) >= 11 is 0. The minimum atomic E-state index is -3.70. The van der Waals surface area contributed by atoms with Crippen LogP contribution in [0.4, 0.5) is 5.69 Å². The highest BCUT2D eigenvalue weighted by atomic mass is 32.2. The number of rotatable bonds is 3. The van der Waals surface area contributed by atoms with Gasteiger partial charge in [-0.1, -0.05) is 0 Å². The van der Waals surface area contributed by atoms with Gasteiger partial charge >= 0.3 is 0 Å². The number of hydrogen-bond donors (Lipinski definition) is 1. The third kappa shape index (κ3) is 3.09. The number of hydrogen-bond acceptors (Lipinski definition) is 6. The van der Waals surface area contributed by atoms with Crippen LogP contribution < -0.4 is 5.32 Å². The second kappa shape index (κ2) is 5.82. The molecule has 8 nitrogen and oxygen atoms in total. The minimum Gasteiger partial charge on any atom is -0.368 e. The van der Waals surface area contributed by atoms with Gasteiger partial charge in [0.1, 0.15) is 0 Å². The lowest BCUT2D eigenvalue weighted by atomic mass is 10.0. The Morgan fingerprint density at radius 1 is 1.39 bits per heavy atom. The average molecular weight is 341 g/mol. The maximum atomic E-state index is 12.8. The Kier molecular flexibility index (Phi) is 4.13. The van der Waals surface area contributed by atoms with Crippen LogP contribution in [0, 0.1) is 10.1 Å². The van der Waals surface area contributed by atoms with Crippen molar-refractivity contribution in [3.05, 3.63) is 34.4 Å². The normalized spacial score (nSPS) is 29.0. The number of morpholine rings is 1. The molecule has 23 heavy (non-hydrogen) atoms. The number of non-ortho nitro benzene ring substituents is 1. The van der Waals surface area contributed by atoms with Crippen LogP contribution in [0.3, 0.4) is 0 Å². The van der Waals surface area contributed by atoms with Crippen molar-refractivity contribution in [2.45, 2.75) is 29.9 Å². The number of nitro benzene ring substituents is 1.